The molecule has 0 aliphatic rings. The van der Waals surface area contributed by atoms with Gasteiger partial charge in [0.25, 0.3) is 5.91 Å². The number of anilines is 1. The zero-order valence-electron chi connectivity index (χ0n) is 16.8. The average molecular weight is 420 g/mol. The van der Waals surface area contributed by atoms with Crippen LogP contribution in [0.1, 0.15) is 36.8 Å². The maximum absolute atomic E-state index is 13.4. The lowest BCUT2D eigenvalue weighted by Gasteiger charge is -2.24. The smallest absolute Gasteiger partial charge is 0.278 e. The van der Waals surface area contributed by atoms with Crippen molar-refractivity contribution in [3.63, 3.8) is 0 Å². The summed E-state index contributed by atoms with van der Waals surface area (Å²) in [5.74, 6) is -0.0747. The number of benzene rings is 1. The lowest BCUT2D eigenvalue weighted by Crippen LogP contribution is -2.39. The SMILES string of the molecule is CCN(CC)CCN(C(=O)c1ccnn1CC)c1nc2c(C)c(Cl)ccc2s1. The molecule has 2 heterocycles. The van der Waals surface area contributed by atoms with Crippen molar-refractivity contribution in [1.82, 2.24) is 19.7 Å². The van der Waals surface area contributed by atoms with Gasteiger partial charge in [0.1, 0.15) is 5.69 Å². The average Bonchev–Trinajstić information content (AvgIpc) is 3.35. The number of aryl methyl sites for hydroxylation is 2. The zero-order valence-corrected chi connectivity index (χ0v) is 18.3. The van der Waals surface area contributed by atoms with E-state index in [1.54, 1.807) is 21.8 Å². The third-order valence-corrected chi connectivity index (χ3v) is 6.44. The first-order chi connectivity index (χ1) is 13.5. The predicted octanol–water partition coefficient (Wildman–Crippen LogP) is 4.46. The molecule has 3 rings (SSSR count). The molecule has 150 valence electrons. The van der Waals surface area contributed by atoms with Gasteiger partial charge in [0.15, 0.2) is 5.13 Å². The summed E-state index contributed by atoms with van der Waals surface area (Å²) >= 11 is 7.79. The lowest BCUT2D eigenvalue weighted by molar-refractivity contribution is 0.0973. The molecule has 0 aliphatic heterocycles. The van der Waals surface area contributed by atoms with Gasteiger partial charge >= 0.3 is 0 Å². The highest BCUT2D eigenvalue weighted by Crippen LogP contribution is 2.34. The van der Waals surface area contributed by atoms with Crippen LogP contribution < -0.4 is 4.90 Å². The summed E-state index contributed by atoms with van der Waals surface area (Å²) in [6.07, 6.45) is 1.67. The van der Waals surface area contributed by atoms with E-state index in [4.69, 9.17) is 16.6 Å². The number of fused-ring (bicyclic) bond motifs is 1. The normalized spacial score (nSPS) is 11.5. The molecule has 6 nitrogen and oxygen atoms in total. The zero-order chi connectivity index (χ0) is 20.3. The van der Waals surface area contributed by atoms with E-state index < -0.39 is 0 Å². The second-order valence-corrected chi connectivity index (χ2v) is 7.95. The molecule has 2 aromatic heterocycles. The molecule has 0 fully saturated rings. The fraction of sp³-hybridized carbons (Fsp3) is 0.450. The number of halogens is 1. The van der Waals surface area contributed by atoms with Gasteiger partial charge in [-0.2, -0.15) is 5.10 Å². The van der Waals surface area contributed by atoms with Crippen molar-refractivity contribution in [3.05, 3.63) is 40.7 Å². The quantitative estimate of drug-likeness (QED) is 0.540. The number of aromatic nitrogens is 3. The number of hydrogen-bond acceptors (Lipinski definition) is 5. The Morgan fingerprint density at radius 1 is 1.18 bits per heavy atom. The summed E-state index contributed by atoms with van der Waals surface area (Å²) in [6, 6.07) is 5.62. The maximum atomic E-state index is 13.4. The highest BCUT2D eigenvalue weighted by molar-refractivity contribution is 7.22. The fourth-order valence-corrected chi connectivity index (χ4v) is 4.38. The Balaban J connectivity index is 2.00. The summed E-state index contributed by atoms with van der Waals surface area (Å²) in [5.41, 5.74) is 2.38. The van der Waals surface area contributed by atoms with E-state index in [9.17, 15) is 4.79 Å². The molecule has 0 N–H and O–H groups in total. The minimum atomic E-state index is -0.0747. The Labute approximate surface area is 174 Å². The Kier molecular flexibility index (Phi) is 6.69. The molecule has 0 bridgehead atoms. The standard InChI is InChI=1S/C20H26ClN5OS/c1-5-24(6-2)12-13-25(19(27)16-10-11-22-26(16)7-3)20-23-18-14(4)15(21)8-9-17(18)28-20/h8-11H,5-7,12-13H2,1-4H3. The Bertz CT molecular complexity index is 963. The molecule has 0 radical (unpaired) electrons. The van der Waals surface area contributed by atoms with Crippen molar-refractivity contribution >= 4 is 44.2 Å². The number of thiazole rings is 1. The summed E-state index contributed by atoms with van der Waals surface area (Å²) in [5, 5.41) is 5.64. The van der Waals surface area contributed by atoms with E-state index in [1.807, 2.05) is 26.0 Å². The van der Waals surface area contributed by atoms with Gasteiger partial charge in [-0.1, -0.05) is 36.8 Å². The third-order valence-electron chi connectivity index (χ3n) is 4.98. The lowest BCUT2D eigenvalue weighted by atomic mass is 10.2. The number of nitrogens with zero attached hydrogens (tertiary/aromatic N) is 5. The van der Waals surface area contributed by atoms with Crippen LogP contribution in [0.2, 0.25) is 5.02 Å². The molecule has 3 aromatic rings. The van der Waals surface area contributed by atoms with Crippen LogP contribution in [-0.2, 0) is 6.54 Å². The molecule has 28 heavy (non-hydrogen) atoms. The molecular formula is C20H26ClN5OS. The van der Waals surface area contributed by atoms with Crippen molar-refractivity contribution in [2.24, 2.45) is 0 Å². The number of carbonyl (C=O) groups excluding carboxylic acids is 1. The largest absolute Gasteiger partial charge is 0.302 e. The topological polar surface area (TPSA) is 54.3 Å². The summed E-state index contributed by atoms with van der Waals surface area (Å²) < 4.78 is 2.75. The first-order valence-electron chi connectivity index (χ1n) is 9.61. The van der Waals surface area contributed by atoms with Crippen molar-refractivity contribution in [1.29, 1.82) is 0 Å². The molecule has 8 heteroatoms. The number of hydrogen-bond donors (Lipinski definition) is 0. The minimum absolute atomic E-state index is 0.0747. The van der Waals surface area contributed by atoms with E-state index in [-0.39, 0.29) is 5.91 Å². The Hall–Kier alpha value is -1.96. The Morgan fingerprint density at radius 3 is 2.61 bits per heavy atom. The van der Waals surface area contributed by atoms with Crippen molar-refractivity contribution in [2.75, 3.05) is 31.1 Å². The van der Waals surface area contributed by atoms with Crippen LogP contribution in [-0.4, -0.2) is 51.8 Å². The summed E-state index contributed by atoms with van der Waals surface area (Å²) in [7, 11) is 0. The van der Waals surface area contributed by atoms with Crippen LogP contribution in [0.4, 0.5) is 5.13 Å². The van der Waals surface area contributed by atoms with E-state index >= 15 is 0 Å². The van der Waals surface area contributed by atoms with E-state index in [0.717, 1.165) is 35.4 Å². The van der Waals surface area contributed by atoms with E-state index in [0.29, 0.717) is 28.9 Å². The summed E-state index contributed by atoms with van der Waals surface area (Å²) in [4.78, 5) is 22.2. The van der Waals surface area contributed by atoms with Crippen molar-refractivity contribution in [3.8, 4) is 0 Å². The second-order valence-electron chi connectivity index (χ2n) is 6.53. The second kappa shape index (κ2) is 9.03. The number of likely N-dealkylation sites (N-methyl/N-ethyl adjacent to an activating group) is 1. The van der Waals surface area contributed by atoms with Crippen molar-refractivity contribution in [2.45, 2.75) is 34.2 Å². The van der Waals surface area contributed by atoms with E-state index in [2.05, 4.69) is 23.8 Å². The van der Waals surface area contributed by atoms with Crippen molar-refractivity contribution < 1.29 is 4.79 Å². The van der Waals surface area contributed by atoms with Gasteiger partial charge in [-0.05, 0) is 50.7 Å². The van der Waals surface area contributed by atoms with Crippen LogP contribution in [0.3, 0.4) is 0 Å². The molecule has 0 spiro atoms. The van der Waals surface area contributed by atoms with Gasteiger partial charge < -0.3 is 4.90 Å². The van der Waals surface area contributed by atoms with Gasteiger partial charge in [0.2, 0.25) is 0 Å². The maximum Gasteiger partial charge on any atom is 0.278 e. The summed E-state index contributed by atoms with van der Waals surface area (Å²) in [6.45, 7) is 12.1. The highest BCUT2D eigenvalue weighted by Gasteiger charge is 2.24. The fourth-order valence-electron chi connectivity index (χ4n) is 3.17. The molecule has 0 saturated carbocycles. The molecule has 1 aromatic carbocycles. The van der Waals surface area contributed by atoms with Gasteiger partial charge in [-0.3, -0.25) is 14.4 Å². The predicted molar refractivity (Wildman–Crippen MR) is 117 cm³/mol. The van der Waals surface area contributed by atoms with E-state index in [1.165, 1.54) is 11.3 Å². The molecule has 0 saturated heterocycles. The van der Waals surface area contributed by atoms with Crippen LogP contribution in [0.25, 0.3) is 10.2 Å². The monoisotopic (exact) mass is 419 g/mol. The number of carbonyl (C=O) groups is 1. The first kappa shape index (κ1) is 20.8. The first-order valence-corrected chi connectivity index (χ1v) is 10.8. The third kappa shape index (κ3) is 4.06. The van der Waals surface area contributed by atoms with Crippen LogP contribution >= 0.6 is 22.9 Å². The number of amides is 1. The molecule has 0 unspecified atom stereocenters. The Morgan fingerprint density at radius 2 is 1.93 bits per heavy atom. The number of rotatable bonds is 8. The van der Waals surface area contributed by atoms with Gasteiger partial charge in [0, 0.05) is 30.9 Å². The minimum Gasteiger partial charge on any atom is -0.302 e. The van der Waals surface area contributed by atoms with Crippen LogP contribution in [0, 0.1) is 6.92 Å². The highest BCUT2D eigenvalue weighted by atomic mass is 35.5. The van der Waals surface area contributed by atoms with Gasteiger partial charge in [0.05, 0.1) is 10.2 Å². The molecule has 1 amide bonds. The van der Waals surface area contributed by atoms with Gasteiger partial charge in [-0.15, -0.1) is 0 Å². The molecular weight excluding hydrogens is 394 g/mol. The molecule has 0 atom stereocenters. The van der Waals surface area contributed by atoms with Gasteiger partial charge in [-0.25, -0.2) is 4.98 Å². The van der Waals surface area contributed by atoms with Crippen LogP contribution in [0.5, 0.6) is 0 Å². The molecule has 0 aliphatic carbocycles. The van der Waals surface area contributed by atoms with Crippen LogP contribution in [0.15, 0.2) is 24.4 Å².